The first-order valence-corrected chi connectivity index (χ1v) is 9.66. The van der Waals surface area contributed by atoms with Gasteiger partial charge in [-0.2, -0.15) is 0 Å². The average molecular weight is 347 g/mol. The highest BCUT2D eigenvalue weighted by Gasteiger charge is 2.28. The Morgan fingerprint density at radius 2 is 2.19 bits per heavy atom. The lowest BCUT2D eigenvalue weighted by molar-refractivity contribution is 0.468. The van der Waals surface area contributed by atoms with E-state index in [1.54, 1.807) is 0 Å². The van der Waals surface area contributed by atoms with Crippen molar-refractivity contribution in [1.29, 1.82) is 0 Å². The van der Waals surface area contributed by atoms with Gasteiger partial charge in [0.1, 0.15) is 5.82 Å². The highest BCUT2D eigenvalue weighted by molar-refractivity contribution is 7.91. The second-order valence-corrected chi connectivity index (χ2v) is 8.42. The highest BCUT2D eigenvalue weighted by Crippen LogP contribution is 2.30. The number of imidazole rings is 1. The van der Waals surface area contributed by atoms with Crippen molar-refractivity contribution in [3.8, 4) is 0 Å². The monoisotopic (exact) mass is 346 g/mol. The summed E-state index contributed by atoms with van der Waals surface area (Å²) in [5, 5.41) is 0.626. The second-order valence-electron chi connectivity index (χ2n) is 5.38. The van der Waals surface area contributed by atoms with Crippen LogP contribution < -0.4 is 0 Å². The van der Waals surface area contributed by atoms with Gasteiger partial charge >= 0.3 is 0 Å². The molecule has 1 aromatic carbocycles. The third-order valence-electron chi connectivity index (χ3n) is 3.85. The first-order valence-electron chi connectivity index (χ1n) is 6.93. The van der Waals surface area contributed by atoms with Crippen LogP contribution in [0.25, 0.3) is 11.0 Å². The van der Waals surface area contributed by atoms with Gasteiger partial charge in [0.25, 0.3) is 0 Å². The Balaban J connectivity index is 2.12. The molecule has 1 atom stereocenters. The van der Waals surface area contributed by atoms with Crippen molar-refractivity contribution in [3.63, 3.8) is 0 Å². The maximum Gasteiger partial charge on any atom is 0.152 e. The number of rotatable bonds is 3. The van der Waals surface area contributed by atoms with E-state index in [9.17, 15) is 8.42 Å². The van der Waals surface area contributed by atoms with Crippen LogP contribution in [0.1, 0.15) is 24.7 Å². The van der Waals surface area contributed by atoms with Gasteiger partial charge in [-0.3, -0.25) is 0 Å². The largest absolute Gasteiger partial charge is 0.324 e. The number of benzene rings is 1. The van der Waals surface area contributed by atoms with E-state index in [4.69, 9.17) is 23.2 Å². The van der Waals surface area contributed by atoms with Gasteiger partial charge in [-0.15, -0.1) is 11.6 Å². The summed E-state index contributed by atoms with van der Waals surface area (Å²) < 4.78 is 25.9. The molecule has 1 unspecified atom stereocenters. The zero-order valence-corrected chi connectivity index (χ0v) is 13.8. The molecule has 0 radical (unpaired) electrons. The van der Waals surface area contributed by atoms with Crippen LogP contribution in [0.15, 0.2) is 18.2 Å². The van der Waals surface area contributed by atoms with Gasteiger partial charge in [-0.1, -0.05) is 11.6 Å². The summed E-state index contributed by atoms with van der Waals surface area (Å²) in [7, 11) is -2.97. The summed E-state index contributed by atoms with van der Waals surface area (Å²) in [6.07, 6.45) is 2.16. The molecule has 1 saturated heterocycles. The third kappa shape index (κ3) is 3.05. The maximum absolute atomic E-state index is 11.9. The van der Waals surface area contributed by atoms with Gasteiger partial charge in [0.15, 0.2) is 9.84 Å². The van der Waals surface area contributed by atoms with Crippen LogP contribution in [-0.2, 0) is 16.3 Å². The van der Waals surface area contributed by atoms with Crippen molar-refractivity contribution in [2.45, 2.75) is 25.3 Å². The Kier molecular flexibility index (Phi) is 4.17. The van der Waals surface area contributed by atoms with Gasteiger partial charge in [0, 0.05) is 23.4 Å². The summed E-state index contributed by atoms with van der Waals surface area (Å²) in [6.45, 7) is 0. The topological polar surface area (TPSA) is 52.0 Å². The lowest BCUT2D eigenvalue weighted by Gasteiger charge is -2.25. The fourth-order valence-corrected chi connectivity index (χ4v) is 5.00. The zero-order chi connectivity index (χ0) is 15.0. The number of fused-ring (bicyclic) bond motifs is 1. The van der Waals surface area contributed by atoms with Crippen LogP contribution >= 0.6 is 23.2 Å². The van der Waals surface area contributed by atoms with E-state index in [1.165, 1.54) is 0 Å². The van der Waals surface area contributed by atoms with Crippen LogP contribution in [-0.4, -0.2) is 35.4 Å². The lowest BCUT2D eigenvalue weighted by Crippen LogP contribution is -2.28. The molecule has 0 spiro atoms. The minimum atomic E-state index is -2.97. The molecular formula is C14H16Cl2N2O2S. The number of aryl methyl sites for hydroxylation is 1. The first-order chi connectivity index (χ1) is 10.00. The summed E-state index contributed by atoms with van der Waals surface area (Å²) in [5.74, 6) is 1.75. The third-order valence-corrected chi connectivity index (χ3v) is 6.07. The number of halogens is 2. The second kappa shape index (κ2) is 5.78. The van der Waals surface area contributed by atoms with Crippen molar-refractivity contribution in [2.75, 3.05) is 17.4 Å². The standard InChI is InChI=1S/C14H16Cl2N2O2S/c15-6-5-14-17-12-8-10(16)3-4-13(12)18(14)11-2-1-7-21(19,20)9-11/h3-4,8,11H,1-2,5-7,9H2. The average Bonchev–Trinajstić information content (AvgIpc) is 2.75. The Morgan fingerprint density at radius 3 is 2.90 bits per heavy atom. The molecule has 1 aliphatic rings. The summed E-state index contributed by atoms with van der Waals surface area (Å²) in [6, 6.07) is 5.46. The number of nitrogens with zero attached hydrogens (tertiary/aromatic N) is 2. The number of hydrogen-bond acceptors (Lipinski definition) is 3. The predicted octanol–water partition coefficient (Wildman–Crippen LogP) is 3.22. The molecule has 1 aromatic heterocycles. The van der Waals surface area contributed by atoms with E-state index in [1.807, 2.05) is 22.8 Å². The SMILES string of the molecule is O=S1(=O)CCCC(n2c(CCCl)nc3cc(Cl)ccc32)C1. The van der Waals surface area contributed by atoms with Gasteiger partial charge < -0.3 is 4.57 Å². The lowest BCUT2D eigenvalue weighted by atomic mass is 10.1. The smallest absolute Gasteiger partial charge is 0.152 e. The Morgan fingerprint density at radius 1 is 1.38 bits per heavy atom. The van der Waals surface area contributed by atoms with E-state index < -0.39 is 9.84 Å². The van der Waals surface area contributed by atoms with Crippen molar-refractivity contribution in [2.24, 2.45) is 0 Å². The number of sulfone groups is 1. The van der Waals surface area contributed by atoms with E-state index in [0.717, 1.165) is 23.3 Å². The van der Waals surface area contributed by atoms with E-state index in [2.05, 4.69) is 4.98 Å². The fraction of sp³-hybridized carbons (Fsp3) is 0.500. The predicted molar refractivity (Wildman–Crippen MR) is 86.1 cm³/mol. The summed E-state index contributed by atoms with van der Waals surface area (Å²) in [5.41, 5.74) is 1.73. The molecule has 7 heteroatoms. The van der Waals surface area contributed by atoms with Crippen molar-refractivity contribution < 1.29 is 8.42 Å². The molecule has 0 bridgehead atoms. The molecule has 2 heterocycles. The van der Waals surface area contributed by atoms with Crippen molar-refractivity contribution in [3.05, 3.63) is 29.0 Å². The molecular weight excluding hydrogens is 331 g/mol. The number of hydrogen-bond donors (Lipinski definition) is 0. The molecule has 4 nitrogen and oxygen atoms in total. The summed E-state index contributed by atoms with van der Waals surface area (Å²) in [4.78, 5) is 4.59. The molecule has 0 N–H and O–H groups in total. The maximum atomic E-state index is 11.9. The minimum absolute atomic E-state index is 0.0619. The van der Waals surface area contributed by atoms with Crippen LogP contribution in [0.5, 0.6) is 0 Å². The quantitative estimate of drug-likeness (QED) is 0.801. The number of alkyl halides is 1. The summed E-state index contributed by atoms with van der Waals surface area (Å²) >= 11 is 11.9. The van der Waals surface area contributed by atoms with E-state index in [-0.39, 0.29) is 17.5 Å². The van der Waals surface area contributed by atoms with Crippen molar-refractivity contribution >= 4 is 44.1 Å². The fourth-order valence-electron chi connectivity index (χ4n) is 2.99. The molecule has 21 heavy (non-hydrogen) atoms. The van der Waals surface area contributed by atoms with E-state index >= 15 is 0 Å². The molecule has 0 aliphatic carbocycles. The van der Waals surface area contributed by atoms with Crippen LogP contribution in [0.2, 0.25) is 5.02 Å². The normalized spacial score (nSPS) is 21.7. The Hall–Kier alpha value is -0.780. The molecule has 1 aliphatic heterocycles. The van der Waals surface area contributed by atoms with Crippen LogP contribution in [0.4, 0.5) is 0 Å². The molecule has 0 saturated carbocycles. The van der Waals surface area contributed by atoms with Crippen LogP contribution in [0.3, 0.4) is 0 Å². The Bertz CT molecular complexity index is 771. The first kappa shape index (κ1) is 15.1. The van der Waals surface area contributed by atoms with Gasteiger partial charge in [-0.05, 0) is 31.0 Å². The molecule has 3 rings (SSSR count). The highest BCUT2D eigenvalue weighted by atomic mass is 35.5. The zero-order valence-electron chi connectivity index (χ0n) is 11.4. The van der Waals surface area contributed by atoms with Crippen LogP contribution in [0, 0.1) is 0 Å². The Labute approximate surface area is 134 Å². The minimum Gasteiger partial charge on any atom is -0.324 e. The van der Waals surface area contributed by atoms with Crippen molar-refractivity contribution in [1.82, 2.24) is 9.55 Å². The molecule has 1 fully saturated rings. The van der Waals surface area contributed by atoms with Gasteiger partial charge in [-0.25, -0.2) is 13.4 Å². The van der Waals surface area contributed by atoms with Gasteiger partial charge in [0.2, 0.25) is 0 Å². The molecule has 2 aromatic rings. The molecule has 0 amide bonds. The van der Waals surface area contributed by atoms with E-state index in [0.29, 0.717) is 23.7 Å². The van der Waals surface area contributed by atoms with Gasteiger partial charge in [0.05, 0.1) is 22.5 Å². The number of aromatic nitrogens is 2. The molecule has 114 valence electrons.